The quantitative estimate of drug-likeness (QED) is 0.107. The normalized spacial score (nSPS) is 24.1. The molecule has 2 aromatic carbocycles. The van der Waals surface area contributed by atoms with Crippen molar-refractivity contribution in [3.05, 3.63) is 72.1 Å². The molecule has 65 heavy (non-hydrogen) atoms. The van der Waals surface area contributed by atoms with Gasteiger partial charge in [-0.15, -0.1) is 0 Å². The molecule has 7 atom stereocenters. The number of para-hydroxylation sites is 2. The molecule has 0 radical (unpaired) electrons. The van der Waals surface area contributed by atoms with Crippen LogP contribution in [0, 0.1) is 23.7 Å². The third-order valence-electron chi connectivity index (χ3n) is 11.9. The van der Waals surface area contributed by atoms with E-state index in [2.05, 4.69) is 47.2 Å². The van der Waals surface area contributed by atoms with Crippen LogP contribution in [0.3, 0.4) is 0 Å². The lowest BCUT2D eigenvalue weighted by Gasteiger charge is -2.34. The van der Waals surface area contributed by atoms with Crippen molar-refractivity contribution in [3.8, 4) is 0 Å². The molecule has 0 spiro atoms. The predicted molar refractivity (Wildman–Crippen MR) is 252 cm³/mol. The minimum absolute atomic E-state index is 0.0390. The molecule has 6 amide bonds. The van der Waals surface area contributed by atoms with E-state index >= 15 is 0 Å². The molecular weight excluding hydrogens is 827 g/mol. The molecule has 10 N–H and O–H groups in total. The number of amides is 6. The van der Waals surface area contributed by atoms with Crippen molar-refractivity contribution >= 4 is 57.2 Å². The monoisotopic (exact) mass is 898 g/mol. The van der Waals surface area contributed by atoms with Crippen LogP contribution in [0.25, 0.3) is 21.8 Å². The molecule has 16 nitrogen and oxygen atoms in total. The van der Waals surface area contributed by atoms with E-state index in [-0.39, 0.29) is 37.6 Å². The number of hydrogen-bond donors (Lipinski definition) is 10. The highest BCUT2D eigenvalue weighted by Gasteiger charge is 2.39. The fourth-order valence-electron chi connectivity index (χ4n) is 8.51. The molecular formula is C49H71N9O7. The zero-order chi connectivity index (χ0) is 47.7. The van der Waals surface area contributed by atoms with Gasteiger partial charge in [0.05, 0.1) is 5.60 Å². The van der Waals surface area contributed by atoms with E-state index in [0.717, 1.165) is 32.9 Å². The molecule has 1 saturated heterocycles. The third kappa shape index (κ3) is 13.4. The van der Waals surface area contributed by atoms with Crippen molar-refractivity contribution in [2.45, 2.75) is 143 Å². The molecule has 0 aliphatic carbocycles. The number of carbonyl (C=O) groups excluding carboxylic acids is 6. The van der Waals surface area contributed by atoms with Gasteiger partial charge in [0.1, 0.15) is 36.3 Å². The molecule has 1 aliphatic heterocycles. The molecule has 354 valence electrons. The van der Waals surface area contributed by atoms with Crippen molar-refractivity contribution in [2.24, 2.45) is 23.7 Å². The summed E-state index contributed by atoms with van der Waals surface area (Å²) >= 11 is 0. The first kappa shape index (κ1) is 50.3. The van der Waals surface area contributed by atoms with Crippen LogP contribution in [0.4, 0.5) is 0 Å². The standard InChI is InChI=1S/C49H71N9O7/c1-26(2)19-32-25-52-42(49(9,10)65)48(64)58-41(29(7)8)47(63)56-39(22-31-24-51-36-18-14-12-16-34(31)36)44(60)54-37(20-27(3)4)45(61)57-40(28(5)6)46(62)55-38(43(59)53-32)21-30-23-50-35-17-13-11-15-33(30)35/h11-18,23-24,26-29,32,37-42,50-52,65H,19-22,25H2,1-10H3,(H,53,59)(H,54,60)(H,55,62)(H,56,63)(H,57,61)(H,58,64)/t32-,37+,38+,39-,40-,41+,42+/m0/s1. The number of benzene rings is 2. The van der Waals surface area contributed by atoms with Gasteiger partial charge in [0, 0.05) is 59.6 Å². The highest BCUT2D eigenvalue weighted by atomic mass is 16.3. The molecule has 16 heteroatoms. The van der Waals surface area contributed by atoms with Gasteiger partial charge in [-0.1, -0.05) is 91.8 Å². The maximum atomic E-state index is 14.5. The minimum Gasteiger partial charge on any atom is -0.388 e. The van der Waals surface area contributed by atoms with Crippen LogP contribution in [-0.4, -0.2) is 105 Å². The van der Waals surface area contributed by atoms with Crippen LogP contribution >= 0.6 is 0 Å². The summed E-state index contributed by atoms with van der Waals surface area (Å²) in [7, 11) is 0. The van der Waals surface area contributed by atoms with E-state index in [4.69, 9.17) is 0 Å². The van der Waals surface area contributed by atoms with Crippen LogP contribution in [-0.2, 0) is 41.6 Å². The van der Waals surface area contributed by atoms with Gasteiger partial charge in [-0.2, -0.15) is 0 Å². The first-order valence-corrected chi connectivity index (χ1v) is 23.0. The maximum absolute atomic E-state index is 14.5. The van der Waals surface area contributed by atoms with Gasteiger partial charge >= 0.3 is 0 Å². The number of aliphatic hydroxyl groups is 1. The number of carbonyl (C=O) groups is 6. The summed E-state index contributed by atoms with van der Waals surface area (Å²) in [5, 5.41) is 33.9. The highest BCUT2D eigenvalue weighted by molar-refractivity contribution is 5.98. The van der Waals surface area contributed by atoms with Crippen LogP contribution in [0.5, 0.6) is 0 Å². The number of hydrogen-bond acceptors (Lipinski definition) is 8. The van der Waals surface area contributed by atoms with Gasteiger partial charge in [-0.3, -0.25) is 28.8 Å². The van der Waals surface area contributed by atoms with Crippen molar-refractivity contribution in [3.63, 3.8) is 0 Å². The topological polar surface area (TPSA) is 238 Å². The van der Waals surface area contributed by atoms with Crippen LogP contribution in [0.1, 0.15) is 93.2 Å². The SMILES string of the molecule is CC(C)C[C@H]1CN[C@@H](C(C)(C)O)C(=O)N[C@H](C(C)C)C(=O)N[C@@H](Cc2c[nH]c3ccccc23)C(=O)N[C@H](CC(C)C)C(=O)N[C@@H](C(C)C)C(=O)N[C@H](Cc2c[nH]c3ccccc23)C(=O)N1. The Bertz CT molecular complexity index is 2290. The Morgan fingerprint density at radius 1 is 0.538 bits per heavy atom. The van der Waals surface area contributed by atoms with Gasteiger partial charge < -0.3 is 52.3 Å². The summed E-state index contributed by atoms with van der Waals surface area (Å²) in [5.41, 5.74) is 1.59. The highest BCUT2D eigenvalue weighted by Crippen LogP contribution is 2.22. The summed E-state index contributed by atoms with van der Waals surface area (Å²) in [4.78, 5) is 92.9. The minimum atomic E-state index is -1.63. The van der Waals surface area contributed by atoms with Crippen molar-refractivity contribution in [1.82, 2.24) is 47.2 Å². The Labute approximate surface area is 382 Å². The summed E-state index contributed by atoms with van der Waals surface area (Å²) in [6.07, 6.45) is 4.41. The van der Waals surface area contributed by atoms with Gasteiger partial charge in [-0.05, 0) is 73.6 Å². The molecule has 1 aliphatic rings. The first-order valence-electron chi connectivity index (χ1n) is 23.0. The Morgan fingerprint density at radius 3 is 1.40 bits per heavy atom. The fraction of sp³-hybridized carbons (Fsp3) is 0.551. The summed E-state index contributed by atoms with van der Waals surface area (Å²) < 4.78 is 0. The fourth-order valence-corrected chi connectivity index (χ4v) is 8.51. The van der Waals surface area contributed by atoms with Crippen molar-refractivity contribution in [2.75, 3.05) is 6.54 Å². The molecule has 0 saturated carbocycles. The van der Waals surface area contributed by atoms with Crippen LogP contribution in [0.15, 0.2) is 60.9 Å². The van der Waals surface area contributed by atoms with E-state index in [9.17, 15) is 33.9 Å². The molecule has 5 rings (SSSR count). The molecule has 2 aromatic heterocycles. The zero-order valence-corrected chi connectivity index (χ0v) is 39.6. The second-order valence-electron chi connectivity index (χ2n) is 19.7. The number of rotatable bonds is 11. The smallest absolute Gasteiger partial charge is 0.243 e. The molecule has 0 unspecified atom stereocenters. The van der Waals surface area contributed by atoms with E-state index in [1.54, 1.807) is 40.1 Å². The predicted octanol–water partition coefficient (Wildman–Crippen LogP) is 3.49. The van der Waals surface area contributed by atoms with E-state index < -0.39 is 95.2 Å². The number of aromatic nitrogens is 2. The van der Waals surface area contributed by atoms with E-state index in [1.807, 2.05) is 76.2 Å². The average Bonchev–Trinajstić information content (AvgIpc) is 3.83. The Kier molecular flexibility index (Phi) is 17.0. The molecule has 0 bridgehead atoms. The van der Waals surface area contributed by atoms with E-state index in [1.165, 1.54) is 13.8 Å². The number of aromatic amines is 2. The van der Waals surface area contributed by atoms with Gasteiger partial charge in [-0.25, -0.2) is 0 Å². The average molecular weight is 898 g/mol. The van der Waals surface area contributed by atoms with Crippen LogP contribution in [0.2, 0.25) is 0 Å². The largest absolute Gasteiger partial charge is 0.388 e. The third-order valence-corrected chi connectivity index (χ3v) is 11.9. The summed E-state index contributed by atoms with van der Waals surface area (Å²) in [5.74, 6) is -4.49. The lowest BCUT2D eigenvalue weighted by Crippen LogP contribution is -2.63. The second kappa shape index (κ2) is 22.0. The zero-order valence-electron chi connectivity index (χ0n) is 39.6. The number of nitrogens with one attached hydrogen (secondary N) is 9. The Morgan fingerprint density at radius 2 is 0.954 bits per heavy atom. The van der Waals surface area contributed by atoms with Gasteiger partial charge in [0.25, 0.3) is 0 Å². The lowest BCUT2D eigenvalue weighted by molar-refractivity contribution is -0.137. The Hall–Kier alpha value is -5.74. The maximum Gasteiger partial charge on any atom is 0.243 e. The van der Waals surface area contributed by atoms with Crippen molar-refractivity contribution in [1.29, 1.82) is 0 Å². The second-order valence-corrected chi connectivity index (χ2v) is 19.7. The molecule has 4 aromatic rings. The number of fused-ring (bicyclic) bond motifs is 2. The molecule has 1 fully saturated rings. The van der Waals surface area contributed by atoms with Gasteiger partial charge in [0.2, 0.25) is 35.4 Å². The lowest BCUT2D eigenvalue weighted by atomic mass is 9.95. The summed E-state index contributed by atoms with van der Waals surface area (Å²) in [6.45, 7) is 17.9. The van der Waals surface area contributed by atoms with Crippen molar-refractivity contribution < 1.29 is 33.9 Å². The Balaban J connectivity index is 1.58. The summed E-state index contributed by atoms with van der Waals surface area (Å²) in [6, 6.07) is 7.72. The number of H-pyrrole nitrogens is 2. The molecule has 3 heterocycles. The van der Waals surface area contributed by atoms with E-state index in [0.29, 0.717) is 6.42 Å². The first-order chi connectivity index (χ1) is 30.6. The van der Waals surface area contributed by atoms with Crippen LogP contribution < -0.4 is 37.2 Å². The van der Waals surface area contributed by atoms with Gasteiger partial charge in [0.15, 0.2) is 0 Å².